The number of hydrogen-bond acceptors (Lipinski definition) is 5. The third kappa shape index (κ3) is 2.54. The molecule has 0 bridgehead atoms. The van der Waals surface area contributed by atoms with Gasteiger partial charge in [0.15, 0.2) is 0 Å². The quantitative estimate of drug-likeness (QED) is 0.801. The zero-order valence-electron chi connectivity index (χ0n) is 11.4. The lowest BCUT2D eigenvalue weighted by Crippen LogP contribution is -2.46. The molecule has 1 aromatic rings. The highest BCUT2D eigenvalue weighted by Gasteiger charge is 2.42. The van der Waals surface area contributed by atoms with E-state index in [-0.39, 0.29) is 16.5 Å². The zero-order valence-corrected chi connectivity index (χ0v) is 12.2. The minimum atomic E-state index is -4.05. The third-order valence-corrected chi connectivity index (χ3v) is 5.15. The Balaban J connectivity index is 1.71. The first kappa shape index (κ1) is 14.5. The zero-order chi connectivity index (χ0) is 15.9. The Bertz CT molecular complexity index is 770. The van der Waals surface area contributed by atoms with Crippen LogP contribution in [0.5, 0.6) is 0 Å². The lowest BCUT2D eigenvalue weighted by molar-refractivity contribution is -0.119. The van der Waals surface area contributed by atoms with Gasteiger partial charge in [0.1, 0.15) is 11.4 Å². The fourth-order valence-corrected chi connectivity index (χ4v) is 3.66. The summed E-state index contributed by atoms with van der Waals surface area (Å²) in [4.78, 5) is 35.2. The van der Waals surface area contributed by atoms with Crippen molar-refractivity contribution in [2.75, 3.05) is 6.54 Å². The molecule has 0 spiro atoms. The van der Waals surface area contributed by atoms with Crippen molar-refractivity contribution in [2.24, 2.45) is 0 Å². The number of imide groups is 1. The van der Waals surface area contributed by atoms with Gasteiger partial charge in [-0.1, -0.05) is 12.1 Å². The van der Waals surface area contributed by atoms with Crippen molar-refractivity contribution in [2.45, 2.75) is 23.8 Å². The molecule has 1 aliphatic carbocycles. The number of urea groups is 1. The minimum Gasteiger partial charge on any atom is -0.335 e. The van der Waals surface area contributed by atoms with Crippen molar-refractivity contribution >= 4 is 27.9 Å². The molecule has 1 aliphatic heterocycles. The van der Waals surface area contributed by atoms with Crippen molar-refractivity contribution in [1.82, 2.24) is 14.9 Å². The molecule has 8 nitrogen and oxygen atoms in total. The molecule has 1 aromatic carbocycles. The van der Waals surface area contributed by atoms with Crippen LogP contribution in [0.4, 0.5) is 4.79 Å². The van der Waals surface area contributed by atoms with E-state index >= 15 is 0 Å². The Morgan fingerprint density at radius 2 is 1.91 bits per heavy atom. The van der Waals surface area contributed by atoms with E-state index in [1.54, 1.807) is 6.07 Å². The lowest BCUT2D eigenvalue weighted by atomic mass is 10.2. The van der Waals surface area contributed by atoms with Crippen LogP contribution in [-0.2, 0) is 14.8 Å². The number of nitrogens with one attached hydrogen (secondary N) is 2. The van der Waals surface area contributed by atoms with E-state index in [0.29, 0.717) is 4.31 Å². The number of carbonyl (C=O) groups excluding carboxylic acids is 3. The number of sulfonamides is 1. The van der Waals surface area contributed by atoms with Crippen molar-refractivity contribution in [3.8, 4) is 0 Å². The van der Waals surface area contributed by atoms with Crippen LogP contribution in [0, 0.1) is 0 Å². The summed E-state index contributed by atoms with van der Waals surface area (Å²) in [5.41, 5.74) is 0.0257. The van der Waals surface area contributed by atoms with Crippen molar-refractivity contribution in [3.63, 3.8) is 0 Å². The van der Waals surface area contributed by atoms with Crippen molar-refractivity contribution in [1.29, 1.82) is 0 Å². The fraction of sp³-hybridized carbons (Fsp3) is 0.308. The van der Waals surface area contributed by atoms with Crippen LogP contribution in [0.25, 0.3) is 0 Å². The second-order valence-corrected chi connectivity index (χ2v) is 6.94. The molecule has 9 heteroatoms. The number of hydrogen-bond donors (Lipinski definition) is 2. The van der Waals surface area contributed by atoms with E-state index in [0.717, 1.165) is 12.8 Å². The molecule has 4 amide bonds. The van der Waals surface area contributed by atoms with E-state index in [1.165, 1.54) is 18.2 Å². The number of rotatable bonds is 3. The first-order valence-electron chi connectivity index (χ1n) is 6.66. The molecule has 2 aliphatic rings. The van der Waals surface area contributed by atoms with Gasteiger partial charge in [-0.15, -0.1) is 0 Å². The molecular weight excluding hydrogens is 310 g/mol. The maximum absolute atomic E-state index is 12.2. The lowest BCUT2D eigenvalue weighted by Gasteiger charge is -2.14. The Labute approximate surface area is 126 Å². The highest BCUT2D eigenvalue weighted by atomic mass is 32.2. The van der Waals surface area contributed by atoms with E-state index in [9.17, 15) is 22.8 Å². The number of amides is 4. The maximum Gasteiger partial charge on any atom is 0.321 e. The minimum absolute atomic E-state index is 0.0257. The second-order valence-electron chi connectivity index (χ2n) is 5.11. The highest BCUT2D eigenvalue weighted by molar-refractivity contribution is 7.90. The molecule has 3 rings (SSSR count). The van der Waals surface area contributed by atoms with Crippen molar-refractivity contribution < 1.29 is 22.8 Å². The average molecular weight is 323 g/mol. The van der Waals surface area contributed by atoms with Gasteiger partial charge in [0.05, 0.1) is 5.56 Å². The first-order valence-corrected chi connectivity index (χ1v) is 8.10. The molecule has 1 heterocycles. The normalized spacial score (nSPS) is 18.7. The van der Waals surface area contributed by atoms with Crippen LogP contribution in [0.2, 0.25) is 0 Å². The predicted octanol–water partition coefficient (Wildman–Crippen LogP) is -0.181. The van der Waals surface area contributed by atoms with Crippen LogP contribution in [0.1, 0.15) is 23.2 Å². The Morgan fingerprint density at radius 1 is 1.23 bits per heavy atom. The van der Waals surface area contributed by atoms with Crippen LogP contribution >= 0.6 is 0 Å². The van der Waals surface area contributed by atoms with Crippen LogP contribution in [0.15, 0.2) is 29.2 Å². The van der Waals surface area contributed by atoms with Gasteiger partial charge in [-0.05, 0) is 25.0 Å². The van der Waals surface area contributed by atoms with Gasteiger partial charge in [0.25, 0.3) is 15.9 Å². The molecule has 0 aromatic heterocycles. The average Bonchev–Trinajstić information content (AvgIpc) is 3.24. The summed E-state index contributed by atoms with van der Waals surface area (Å²) in [6.45, 7) is -0.728. The van der Waals surface area contributed by atoms with Gasteiger partial charge in [0.2, 0.25) is 5.91 Å². The summed E-state index contributed by atoms with van der Waals surface area (Å²) in [6, 6.07) is 5.10. The topological polar surface area (TPSA) is 113 Å². The van der Waals surface area contributed by atoms with E-state index in [1.807, 2.05) is 5.32 Å². The molecule has 22 heavy (non-hydrogen) atoms. The van der Waals surface area contributed by atoms with Gasteiger partial charge < -0.3 is 5.32 Å². The molecular formula is C13H13N3O5S. The van der Waals surface area contributed by atoms with E-state index < -0.39 is 34.4 Å². The van der Waals surface area contributed by atoms with Crippen LogP contribution < -0.4 is 10.6 Å². The first-order chi connectivity index (χ1) is 10.4. The van der Waals surface area contributed by atoms with Gasteiger partial charge in [-0.25, -0.2) is 17.5 Å². The molecule has 0 radical (unpaired) electrons. The molecule has 116 valence electrons. The Kier molecular flexibility index (Phi) is 3.36. The third-order valence-electron chi connectivity index (χ3n) is 3.36. The van der Waals surface area contributed by atoms with E-state index in [2.05, 4.69) is 5.32 Å². The number of carbonyl (C=O) groups is 3. The molecule has 0 atom stereocenters. The van der Waals surface area contributed by atoms with Crippen molar-refractivity contribution in [3.05, 3.63) is 29.8 Å². The van der Waals surface area contributed by atoms with Crippen LogP contribution in [-0.4, -0.2) is 43.2 Å². The van der Waals surface area contributed by atoms with Gasteiger partial charge in [-0.3, -0.25) is 14.9 Å². The second kappa shape index (κ2) is 5.09. The summed E-state index contributed by atoms with van der Waals surface area (Å²) < 4.78 is 24.9. The van der Waals surface area contributed by atoms with E-state index in [4.69, 9.17) is 0 Å². The maximum atomic E-state index is 12.2. The molecule has 0 saturated heterocycles. The summed E-state index contributed by atoms with van der Waals surface area (Å²) in [5.74, 6) is -1.63. The largest absolute Gasteiger partial charge is 0.335 e. The fourth-order valence-electron chi connectivity index (χ4n) is 2.13. The number of nitrogens with zero attached hydrogens (tertiary/aromatic N) is 1. The molecule has 1 fully saturated rings. The Hall–Kier alpha value is -2.42. The Morgan fingerprint density at radius 3 is 2.55 bits per heavy atom. The molecule has 1 saturated carbocycles. The highest BCUT2D eigenvalue weighted by Crippen LogP contribution is 2.29. The van der Waals surface area contributed by atoms with Crippen LogP contribution in [0.3, 0.4) is 0 Å². The smallest absolute Gasteiger partial charge is 0.321 e. The monoisotopic (exact) mass is 323 g/mol. The molecule has 0 unspecified atom stereocenters. The van der Waals surface area contributed by atoms with Gasteiger partial charge in [0, 0.05) is 6.04 Å². The summed E-state index contributed by atoms with van der Waals surface area (Å²) in [7, 11) is -4.05. The number of fused-ring (bicyclic) bond motifs is 1. The van der Waals surface area contributed by atoms with Gasteiger partial charge >= 0.3 is 6.03 Å². The van der Waals surface area contributed by atoms with Gasteiger partial charge in [-0.2, -0.15) is 0 Å². The standard InChI is InChI=1S/C13H13N3O5S/c17-11(15-13(19)14-8-5-6-8)7-16-12(18)9-3-1-2-4-10(9)22(16,20)21/h1-4,8H,5-7H2,(H2,14,15,17,19). The predicted molar refractivity (Wildman–Crippen MR) is 74.4 cm³/mol. The summed E-state index contributed by atoms with van der Waals surface area (Å²) in [6.07, 6.45) is 1.71. The number of benzene rings is 1. The SMILES string of the molecule is O=C(CN1C(=O)c2ccccc2S1(=O)=O)NC(=O)NC1CC1. The summed E-state index contributed by atoms with van der Waals surface area (Å²) in [5, 5.41) is 4.55. The summed E-state index contributed by atoms with van der Waals surface area (Å²) >= 11 is 0. The molecule has 2 N–H and O–H groups in total.